The SMILES string of the molecule is C[C@@H]1CNC[C@@H]1F.C[C@H]1CNC[C@H]1F.Cl.Cl. The summed E-state index contributed by atoms with van der Waals surface area (Å²) in [7, 11) is 0. The maximum Gasteiger partial charge on any atom is 0.116 e. The van der Waals surface area contributed by atoms with Crippen LogP contribution in [0, 0.1) is 11.8 Å². The Hall–Kier alpha value is 0.360. The second kappa shape index (κ2) is 9.40. The Morgan fingerprint density at radius 2 is 1.06 bits per heavy atom. The number of hydrogen-bond donors (Lipinski definition) is 2. The van der Waals surface area contributed by atoms with Crippen molar-refractivity contribution in [3.63, 3.8) is 0 Å². The lowest BCUT2D eigenvalue weighted by atomic mass is 10.1. The van der Waals surface area contributed by atoms with Crippen LogP contribution in [-0.2, 0) is 0 Å². The highest BCUT2D eigenvalue weighted by atomic mass is 35.5. The minimum atomic E-state index is -0.597. The molecular weight excluding hydrogens is 257 g/mol. The monoisotopic (exact) mass is 278 g/mol. The maximum atomic E-state index is 12.3. The fourth-order valence-electron chi connectivity index (χ4n) is 1.56. The van der Waals surface area contributed by atoms with Crippen LogP contribution < -0.4 is 10.6 Å². The predicted molar refractivity (Wildman–Crippen MR) is 68.4 cm³/mol. The van der Waals surface area contributed by atoms with Crippen molar-refractivity contribution in [1.29, 1.82) is 0 Å². The molecule has 0 aromatic carbocycles. The molecule has 4 atom stereocenters. The second-order valence-electron chi connectivity index (χ2n) is 4.30. The molecule has 0 aliphatic carbocycles. The zero-order chi connectivity index (χ0) is 10.6. The largest absolute Gasteiger partial charge is 0.313 e. The van der Waals surface area contributed by atoms with E-state index in [9.17, 15) is 8.78 Å². The van der Waals surface area contributed by atoms with E-state index in [1.165, 1.54) is 0 Å². The van der Waals surface area contributed by atoms with E-state index in [0.29, 0.717) is 13.1 Å². The van der Waals surface area contributed by atoms with Gasteiger partial charge in [0.2, 0.25) is 0 Å². The van der Waals surface area contributed by atoms with Crippen LogP contribution in [0.1, 0.15) is 13.8 Å². The zero-order valence-electron chi connectivity index (χ0n) is 9.71. The maximum absolute atomic E-state index is 12.3. The van der Waals surface area contributed by atoms with Crippen molar-refractivity contribution >= 4 is 24.8 Å². The molecule has 0 unspecified atom stereocenters. The number of nitrogens with one attached hydrogen (secondary N) is 2. The Morgan fingerprint density at radius 1 is 0.750 bits per heavy atom. The van der Waals surface area contributed by atoms with Crippen LogP contribution in [0.25, 0.3) is 0 Å². The average Bonchev–Trinajstić information content (AvgIpc) is 2.67. The fourth-order valence-corrected chi connectivity index (χ4v) is 1.56. The van der Waals surface area contributed by atoms with Gasteiger partial charge < -0.3 is 10.6 Å². The highest BCUT2D eigenvalue weighted by molar-refractivity contribution is 5.85. The summed E-state index contributed by atoms with van der Waals surface area (Å²) in [4.78, 5) is 0. The molecule has 0 spiro atoms. The molecule has 2 saturated heterocycles. The zero-order valence-corrected chi connectivity index (χ0v) is 11.3. The van der Waals surface area contributed by atoms with E-state index >= 15 is 0 Å². The highest BCUT2D eigenvalue weighted by Crippen LogP contribution is 2.10. The molecule has 2 aliphatic heterocycles. The van der Waals surface area contributed by atoms with E-state index in [1.54, 1.807) is 0 Å². The Morgan fingerprint density at radius 3 is 1.12 bits per heavy atom. The highest BCUT2D eigenvalue weighted by Gasteiger charge is 2.21. The van der Waals surface area contributed by atoms with Crippen molar-refractivity contribution in [2.75, 3.05) is 26.2 Å². The minimum absolute atomic E-state index is 0. The van der Waals surface area contributed by atoms with Gasteiger partial charge >= 0.3 is 0 Å². The Kier molecular flexibility index (Phi) is 11.0. The molecule has 0 aromatic heterocycles. The van der Waals surface area contributed by atoms with Gasteiger partial charge in [-0.05, 0) is 0 Å². The average molecular weight is 279 g/mol. The molecule has 2 nitrogen and oxygen atoms in total. The quantitative estimate of drug-likeness (QED) is 0.708. The summed E-state index contributed by atoms with van der Waals surface area (Å²) < 4.78 is 24.5. The first kappa shape index (κ1) is 18.7. The summed E-state index contributed by atoms with van der Waals surface area (Å²) >= 11 is 0. The smallest absolute Gasteiger partial charge is 0.116 e. The van der Waals surface area contributed by atoms with E-state index in [4.69, 9.17) is 0 Å². The Balaban J connectivity index is 0. The fraction of sp³-hybridized carbons (Fsp3) is 1.00. The van der Waals surface area contributed by atoms with Gasteiger partial charge in [0, 0.05) is 38.0 Å². The van der Waals surface area contributed by atoms with Crippen LogP contribution in [0.3, 0.4) is 0 Å². The van der Waals surface area contributed by atoms with Crippen LogP contribution in [0.15, 0.2) is 0 Å². The minimum Gasteiger partial charge on any atom is -0.313 e. The van der Waals surface area contributed by atoms with Gasteiger partial charge in [-0.2, -0.15) is 0 Å². The third kappa shape index (κ3) is 6.18. The number of hydrogen-bond acceptors (Lipinski definition) is 2. The van der Waals surface area contributed by atoms with Crippen molar-refractivity contribution < 1.29 is 8.78 Å². The molecule has 0 amide bonds. The first-order valence-electron chi connectivity index (χ1n) is 5.31. The van der Waals surface area contributed by atoms with E-state index in [1.807, 2.05) is 13.8 Å². The van der Waals surface area contributed by atoms with E-state index in [2.05, 4.69) is 10.6 Å². The van der Waals surface area contributed by atoms with Crippen LogP contribution in [-0.4, -0.2) is 38.5 Å². The lowest BCUT2D eigenvalue weighted by Gasteiger charge is -1.99. The van der Waals surface area contributed by atoms with Crippen LogP contribution in [0.5, 0.6) is 0 Å². The van der Waals surface area contributed by atoms with Crippen molar-refractivity contribution in [2.24, 2.45) is 11.8 Å². The molecule has 2 aliphatic rings. The van der Waals surface area contributed by atoms with Gasteiger partial charge in [-0.3, -0.25) is 0 Å². The molecule has 2 fully saturated rings. The van der Waals surface area contributed by atoms with Gasteiger partial charge in [-0.15, -0.1) is 24.8 Å². The summed E-state index contributed by atoms with van der Waals surface area (Å²) in [5, 5.41) is 5.89. The summed E-state index contributed by atoms with van der Waals surface area (Å²) in [6, 6.07) is 0. The van der Waals surface area contributed by atoms with Gasteiger partial charge in [-0.1, -0.05) is 13.8 Å². The van der Waals surface area contributed by atoms with Crippen LogP contribution >= 0.6 is 24.8 Å². The number of alkyl halides is 2. The Bertz CT molecular complexity index is 141. The van der Waals surface area contributed by atoms with Crippen molar-refractivity contribution in [3.05, 3.63) is 0 Å². The molecular formula is C10H22Cl2F2N2. The third-order valence-electron chi connectivity index (χ3n) is 2.85. The van der Waals surface area contributed by atoms with Gasteiger partial charge in [0.05, 0.1) is 0 Å². The lowest BCUT2D eigenvalue weighted by Crippen LogP contribution is -2.08. The summed E-state index contributed by atoms with van der Waals surface area (Å²) in [5.41, 5.74) is 0. The predicted octanol–water partition coefficient (Wildman–Crippen LogP) is 1.97. The topological polar surface area (TPSA) is 24.1 Å². The van der Waals surface area contributed by atoms with Crippen molar-refractivity contribution in [3.8, 4) is 0 Å². The summed E-state index contributed by atoms with van der Waals surface area (Å²) in [5.74, 6) is 0.472. The number of halogens is 4. The first-order valence-corrected chi connectivity index (χ1v) is 5.31. The molecule has 16 heavy (non-hydrogen) atoms. The molecule has 0 aromatic rings. The number of rotatable bonds is 0. The van der Waals surface area contributed by atoms with Gasteiger partial charge in [0.15, 0.2) is 0 Å². The molecule has 100 valence electrons. The third-order valence-corrected chi connectivity index (χ3v) is 2.85. The summed E-state index contributed by atoms with van der Waals surface area (Å²) in [6.07, 6.45) is -1.19. The van der Waals surface area contributed by atoms with Crippen LogP contribution in [0.2, 0.25) is 0 Å². The van der Waals surface area contributed by atoms with E-state index in [-0.39, 0.29) is 36.6 Å². The van der Waals surface area contributed by atoms with Gasteiger partial charge in [-0.25, -0.2) is 8.78 Å². The second-order valence-corrected chi connectivity index (χ2v) is 4.30. The van der Waals surface area contributed by atoms with Crippen LogP contribution in [0.4, 0.5) is 8.78 Å². The standard InChI is InChI=1S/2C5H10FN.2ClH/c2*1-4-2-7-3-5(4)6;;/h2*4-5,7H,2-3H2,1H3;2*1H/t2*4-,5+;;/m10../s1. The Labute approximate surface area is 109 Å². The van der Waals surface area contributed by atoms with Gasteiger partial charge in [0.1, 0.15) is 12.3 Å². The van der Waals surface area contributed by atoms with E-state index < -0.39 is 12.3 Å². The first-order chi connectivity index (χ1) is 6.61. The molecule has 2 N–H and O–H groups in total. The summed E-state index contributed by atoms with van der Waals surface area (Å²) in [6.45, 7) is 6.65. The molecule has 0 saturated carbocycles. The van der Waals surface area contributed by atoms with Crippen molar-refractivity contribution in [1.82, 2.24) is 10.6 Å². The lowest BCUT2D eigenvalue weighted by molar-refractivity contribution is 0.298. The van der Waals surface area contributed by atoms with Gasteiger partial charge in [0.25, 0.3) is 0 Å². The molecule has 6 heteroatoms. The molecule has 0 radical (unpaired) electrons. The van der Waals surface area contributed by atoms with E-state index in [0.717, 1.165) is 13.1 Å². The molecule has 2 heterocycles. The molecule has 0 bridgehead atoms. The molecule has 2 rings (SSSR count). The normalized spacial score (nSPS) is 36.8. The van der Waals surface area contributed by atoms with Crippen molar-refractivity contribution in [2.45, 2.75) is 26.2 Å².